The summed E-state index contributed by atoms with van der Waals surface area (Å²) in [4.78, 5) is 112. The average Bonchev–Trinajstić information content (AvgIpc) is 4.28. The fourth-order valence-electron chi connectivity index (χ4n) is 16.9. The lowest BCUT2D eigenvalue weighted by Crippen LogP contribution is -2.36. The van der Waals surface area contributed by atoms with Crippen LogP contribution in [0.15, 0.2) is 62.6 Å². The van der Waals surface area contributed by atoms with E-state index in [2.05, 4.69) is 13.8 Å². The molecule has 0 saturated heterocycles. The van der Waals surface area contributed by atoms with Crippen molar-refractivity contribution in [1.29, 1.82) is 0 Å². The summed E-state index contributed by atoms with van der Waals surface area (Å²) in [6.45, 7) is 5.52. The van der Waals surface area contributed by atoms with Gasteiger partial charge in [-0.1, -0.05) is 155 Å². The molecule has 5 saturated carbocycles. The van der Waals surface area contributed by atoms with E-state index in [1.165, 1.54) is 145 Å². The van der Waals surface area contributed by atoms with Gasteiger partial charge >= 0.3 is 0 Å². The molecule has 0 spiro atoms. The summed E-state index contributed by atoms with van der Waals surface area (Å²) >= 11 is 0. The van der Waals surface area contributed by atoms with Crippen LogP contribution >= 0.6 is 0 Å². The van der Waals surface area contributed by atoms with E-state index in [9.17, 15) is 38.4 Å². The minimum atomic E-state index is -0.432. The van der Waals surface area contributed by atoms with Crippen LogP contribution in [-0.2, 0) is 19.6 Å². The van der Waals surface area contributed by atoms with Crippen molar-refractivity contribution in [2.45, 2.75) is 219 Å². The van der Waals surface area contributed by atoms with E-state index in [-0.39, 0.29) is 90.5 Å². The van der Waals surface area contributed by atoms with Gasteiger partial charge < -0.3 is 0 Å². The van der Waals surface area contributed by atoms with Crippen molar-refractivity contribution < 1.29 is 0 Å². The number of nitrogens with zero attached hydrogens (tertiary/aromatic N) is 4. The maximum atomic E-state index is 14.3. The van der Waals surface area contributed by atoms with E-state index in [0.29, 0.717) is 37.3 Å². The number of hydrogen-bond acceptors (Lipinski definition) is 8. The van der Waals surface area contributed by atoms with Crippen molar-refractivity contribution in [3.63, 3.8) is 0 Å². The van der Waals surface area contributed by atoms with Crippen molar-refractivity contribution in [1.82, 2.24) is 18.3 Å². The van der Waals surface area contributed by atoms with Gasteiger partial charge in [-0.15, -0.1) is 0 Å². The molecule has 0 amide bonds. The first-order valence-electron chi connectivity index (χ1n) is 30.3. The third kappa shape index (κ3) is 9.67. The molecule has 2 bridgehead atoms. The zero-order valence-corrected chi connectivity index (χ0v) is 45.1. The highest BCUT2D eigenvalue weighted by Gasteiger charge is 2.57. The van der Waals surface area contributed by atoms with Gasteiger partial charge in [0.2, 0.25) is 0 Å². The van der Waals surface area contributed by atoms with E-state index in [1.54, 1.807) is 0 Å². The highest BCUT2D eigenvalue weighted by atomic mass is 16.2. The van der Waals surface area contributed by atoms with Crippen LogP contribution in [0.5, 0.6) is 0 Å². The second-order valence-electron chi connectivity index (χ2n) is 25.0. The molecule has 4 heterocycles. The Morgan fingerprint density at radius 2 is 0.800 bits per heavy atom. The van der Waals surface area contributed by atoms with Crippen LogP contribution in [0.25, 0.3) is 43.1 Å². The summed E-state index contributed by atoms with van der Waals surface area (Å²) in [7, 11) is 0. The molecule has 5 aliphatic rings. The largest absolute Gasteiger partial charge is 0.274 e. The van der Waals surface area contributed by atoms with Crippen LogP contribution < -0.4 is 44.5 Å². The SMILES string of the molecule is CCCCCCCCCC1CCCCC1Cn1c(=O)c2cc3c(=O)n(C4CC5CC4C4CC(Cn6c(=O)c7cc8c(=O)n(CCCCCCCCC9CCCCC9CC)c(=O)c8cc7c6=O)CC54)c(=O)c3cc2c1=O. The lowest BCUT2D eigenvalue weighted by molar-refractivity contribution is 0.188. The Labute approximate surface area is 439 Å². The van der Waals surface area contributed by atoms with E-state index >= 15 is 0 Å². The quantitative estimate of drug-likeness (QED) is 0.0574. The molecule has 75 heavy (non-hydrogen) atoms. The Hall–Kier alpha value is -5.00. The predicted octanol–water partition coefficient (Wildman–Crippen LogP) is 11.0. The van der Waals surface area contributed by atoms with E-state index < -0.39 is 33.4 Å². The van der Waals surface area contributed by atoms with Gasteiger partial charge in [0.15, 0.2) is 0 Å². The summed E-state index contributed by atoms with van der Waals surface area (Å²) < 4.78 is 5.39. The second-order valence-corrected chi connectivity index (χ2v) is 25.0. The Kier molecular flexibility index (Phi) is 15.4. The highest BCUT2D eigenvalue weighted by Crippen LogP contribution is 2.63. The molecule has 12 nitrogen and oxygen atoms in total. The molecule has 0 radical (unpaired) electrons. The van der Waals surface area contributed by atoms with Gasteiger partial charge in [-0.25, -0.2) is 0 Å². The van der Waals surface area contributed by atoms with Crippen LogP contribution in [0.2, 0.25) is 0 Å². The zero-order chi connectivity index (χ0) is 52.1. The third-order valence-corrected chi connectivity index (χ3v) is 20.8. The molecule has 5 fully saturated rings. The van der Waals surface area contributed by atoms with Crippen LogP contribution in [0.1, 0.15) is 200 Å². The van der Waals surface area contributed by atoms with Crippen molar-refractivity contribution >= 4 is 43.1 Å². The molecule has 4 aromatic heterocycles. The van der Waals surface area contributed by atoms with Gasteiger partial charge in [-0.05, 0) is 116 Å². The first-order valence-corrected chi connectivity index (χ1v) is 30.3. The van der Waals surface area contributed by atoms with Gasteiger partial charge in [0, 0.05) is 25.7 Å². The maximum Gasteiger partial charge on any atom is 0.261 e. The molecule has 10 unspecified atom stereocenters. The second kappa shape index (κ2) is 22.2. The fourth-order valence-corrected chi connectivity index (χ4v) is 16.9. The van der Waals surface area contributed by atoms with Crippen LogP contribution in [-0.4, -0.2) is 18.3 Å². The zero-order valence-electron chi connectivity index (χ0n) is 45.1. The summed E-state index contributed by atoms with van der Waals surface area (Å²) in [5.74, 6) is 3.54. The molecule has 11 rings (SSSR count). The molecular formula is C63H82N4O8. The average molecular weight is 1020 g/mol. The Balaban J connectivity index is 0.729. The van der Waals surface area contributed by atoms with Crippen LogP contribution in [0, 0.1) is 53.3 Å². The molecule has 0 aliphatic heterocycles. The number of unbranched alkanes of at least 4 members (excludes halogenated alkanes) is 11. The van der Waals surface area contributed by atoms with Crippen molar-refractivity contribution in [2.75, 3.05) is 0 Å². The molecule has 0 N–H and O–H groups in total. The minimum Gasteiger partial charge on any atom is -0.274 e. The molecule has 2 aromatic carbocycles. The summed E-state index contributed by atoms with van der Waals surface area (Å²) in [5, 5.41) is 1.61. The topological polar surface area (TPSA) is 156 Å². The lowest BCUT2D eigenvalue weighted by atomic mass is 9.75. The number of benzene rings is 2. The predicted molar refractivity (Wildman–Crippen MR) is 301 cm³/mol. The Morgan fingerprint density at radius 1 is 0.387 bits per heavy atom. The van der Waals surface area contributed by atoms with Gasteiger partial charge in [-0.2, -0.15) is 0 Å². The lowest BCUT2D eigenvalue weighted by Gasteiger charge is -2.31. The first kappa shape index (κ1) is 52.1. The van der Waals surface area contributed by atoms with Crippen molar-refractivity contribution in [3.8, 4) is 0 Å². The number of aromatic nitrogens is 4. The van der Waals surface area contributed by atoms with Gasteiger partial charge in [0.05, 0.1) is 43.1 Å². The van der Waals surface area contributed by atoms with E-state index in [1.807, 2.05) is 0 Å². The monoisotopic (exact) mass is 1020 g/mol. The number of rotatable bonds is 23. The maximum absolute atomic E-state index is 14.3. The summed E-state index contributed by atoms with van der Waals surface area (Å²) in [6, 6.07) is 5.68. The van der Waals surface area contributed by atoms with Crippen LogP contribution in [0.4, 0.5) is 0 Å². The Morgan fingerprint density at radius 3 is 1.32 bits per heavy atom. The molecule has 6 aromatic rings. The summed E-state index contributed by atoms with van der Waals surface area (Å²) in [6.07, 6.45) is 32.1. The molecule has 10 atom stereocenters. The fraction of sp³-hybridized carbons (Fsp3) is 0.683. The normalized spacial score (nSPS) is 26.8. The molecule has 12 heteroatoms. The number of hydrogen-bond donors (Lipinski definition) is 0. The van der Waals surface area contributed by atoms with Gasteiger partial charge in [0.1, 0.15) is 0 Å². The molecule has 402 valence electrons. The highest BCUT2D eigenvalue weighted by molar-refractivity contribution is 5.99. The van der Waals surface area contributed by atoms with E-state index in [0.717, 1.165) is 82.5 Å². The number of fused-ring (bicyclic) bond motifs is 9. The molecule has 5 aliphatic carbocycles. The smallest absolute Gasteiger partial charge is 0.261 e. The van der Waals surface area contributed by atoms with E-state index in [4.69, 9.17) is 0 Å². The van der Waals surface area contributed by atoms with Crippen molar-refractivity contribution in [2.24, 2.45) is 53.3 Å². The van der Waals surface area contributed by atoms with Gasteiger partial charge in [0.25, 0.3) is 44.5 Å². The third-order valence-electron chi connectivity index (χ3n) is 20.8. The Bertz CT molecular complexity index is 3330. The van der Waals surface area contributed by atoms with Crippen molar-refractivity contribution in [3.05, 3.63) is 107 Å². The first-order chi connectivity index (χ1) is 36.5. The molecular weight excluding hydrogens is 941 g/mol. The summed E-state index contributed by atoms with van der Waals surface area (Å²) in [5.41, 5.74) is -3.17. The minimum absolute atomic E-state index is 0.0384. The van der Waals surface area contributed by atoms with Crippen LogP contribution in [0.3, 0.4) is 0 Å². The van der Waals surface area contributed by atoms with Gasteiger partial charge in [-0.3, -0.25) is 56.6 Å². The standard InChI is InChI=1S/C63H82N4O8/c1-3-5-6-7-8-11-15-23-41-25-18-19-26-42(41)37-66-60(72)51-34-53-54(35-52(51)61(66)73)63(75)67(62(53)74)55-31-43-30-46(55)45-29-38(28-44(43)45)36-65-58(70)49-32-47-48(33-50(49)59(65)71)57(69)64(56(47)68)27-20-13-10-9-12-14-22-40-24-17-16-21-39(40)4-2/h32-35,38-46,55H,3-31,36-37H2,1-2H3.